The zero-order valence-electron chi connectivity index (χ0n) is 15.5. The summed E-state index contributed by atoms with van der Waals surface area (Å²) in [6, 6.07) is 9.62. The molecule has 0 atom stereocenters. The van der Waals surface area contributed by atoms with Crippen LogP contribution in [0.25, 0.3) is 0 Å². The first-order valence-electron chi connectivity index (χ1n) is 7.95. The van der Waals surface area contributed by atoms with Crippen molar-refractivity contribution in [1.29, 1.82) is 0 Å². The summed E-state index contributed by atoms with van der Waals surface area (Å²) in [6.45, 7) is 4.07. The number of methoxy groups -OCH3 is 3. The number of rotatable bonds is 6. The Labute approximate surface area is 159 Å². The summed E-state index contributed by atoms with van der Waals surface area (Å²) in [7, 11) is 4.73. The van der Waals surface area contributed by atoms with Gasteiger partial charge in [0.25, 0.3) is 0 Å². The van der Waals surface area contributed by atoms with E-state index in [0.29, 0.717) is 22.4 Å². The van der Waals surface area contributed by atoms with Crippen molar-refractivity contribution in [3.8, 4) is 17.2 Å². The number of aryl methyl sites for hydroxylation is 2. The second-order valence-corrected chi connectivity index (χ2v) is 6.00. The van der Waals surface area contributed by atoms with Crippen LogP contribution in [0.15, 0.2) is 35.4 Å². The molecule has 0 aliphatic heterocycles. The molecule has 2 aromatic rings. The highest BCUT2D eigenvalue weighted by molar-refractivity contribution is 7.80. The molecule has 2 aromatic carbocycles. The van der Waals surface area contributed by atoms with Crippen LogP contribution >= 0.6 is 12.2 Å². The van der Waals surface area contributed by atoms with E-state index < -0.39 is 0 Å². The molecule has 7 heteroatoms. The van der Waals surface area contributed by atoms with E-state index in [1.165, 1.54) is 5.56 Å². The molecule has 138 valence electrons. The first-order valence-corrected chi connectivity index (χ1v) is 8.36. The van der Waals surface area contributed by atoms with Crippen LogP contribution in [0.4, 0.5) is 5.69 Å². The lowest BCUT2D eigenvalue weighted by Gasteiger charge is -2.12. The summed E-state index contributed by atoms with van der Waals surface area (Å²) in [5, 5.41) is 7.69. The Balaban J connectivity index is 2.08. The average Bonchev–Trinajstić information content (AvgIpc) is 2.63. The van der Waals surface area contributed by atoms with Gasteiger partial charge in [0.2, 0.25) is 0 Å². The average molecular weight is 373 g/mol. The first-order chi connectivity index (χ1) is 12.5. The molecule has 0 saturated carbocycles. The van der Waals surface area contributed by atoms with Crippen molar-refractivity contribution in [1.82, 2.24) is 5.43 Å². The maximum atomic E-state index is 5.36. The topological polar surface area (TPSA) is 64.1 Å². The standard InChI is InChI=1S/C19H23N3O3S/c1-12-6-7-15(13(2)8-12)21-19(26)22-20-11-14-9-17(24-4)18(25-5)10-16(14)23-3/h6-11H,1-5H3,(H2,21,22,26)/b20-11+. The third-order valence-corrected chi connectivity index (χ3v) is 3.93. The molecule has 0 fully saturated rings. The highest BCUT2D eigenvalue weighted by atomic mass is 32.1. The molecule has 0 spiro atoms. The molecule has 0 saturated heterocycles. The third-order valence-electron chi connectivity index (χ3n) is 3.74. The highest BCUT2D eigenvalue weighted by Crippen LogP contribution is 2.33. The van der Waals surface area contributed by atoms with Crippen LogP contribution in [0.1, 0.15) is 16.7 Å². The van der Waals surface area contributed by atoms with Gasteiger partial charge in [0, 0.05) is 17.3 Å². The summed E-state index contributed by atoms with van der Waals surface area (Å²) in [5.74, 6) is 1.79. The number of thiocarbonyl (C=S) groups is 1. The van der Waals surface area contributed by atoms with Gasteiger partial charge in [-0.05, 0) is 43.8 Å². The van der Waals surface area contributed by atoms with E-state index in [4.69, 9.17) is 26.4 Å². The van der Waals surface area contributed by atoms with Gasteiger partial charge in [-0.1, -0.05) is 17.7 Å². The summed E-state index contributed by atoms with van der Waals surface area (Å²) in [4.78, 5) is 0. The molecule has 0 radical (unpaired) electrons. The molecule has 0 aliphatic rings. The molecule has 2 rings (SSSR count). The SMILES string of the molecule is COc1cc(OC)c(OC)cc1/C=N/NC(=S)Nc1ccc(C)cc1C. The predicted octanol–water partition coefficient (Wildman–Crippen LogP) is 3.65. The van der Waals surface area contributed by atoms with E-state index in [0.717, 1.165) is 16.8 Å². The second kappa shape index (κ2) is 9.05. The van der Waals surface area contributed by atoms with Gasteiger partial charge >= 0.3 is 0 Å². The van der Waals surface area contributed by atoms with E-state index in [9.17, 15) is 0 Å². The molecular formula is C19H23N3O3S. The Kier molecular flexibility index (Phi) is 6.80. The minimum absolute atomic E-state index is 0.396. The van der Waals surface area contributed by atoms with Crippen molar-refractivity contribution in [2.75, 3.05) is 26.6 Å². The summed E-state index contributed by atoms with van der Waals surface area (Å²) in [5.41, 5.74) is 6.78. The van der Waals surface area contributed by atoms with Crippen molar-refractivity contribution in [3.63, 3.8) is 0 Å². The van der Waals surface area contributed by atoms with Gasteiger partial charge in [-0.15, -0.1) is 0 Å². The summed E-state index contributed by atoms with van der Waals surface area (Å²) in [6.07, 6.45) is 1.61. The lowest BCUT2D eigenvalue weighted by molar-refractivity contribution is 0.349. The van der Waals surface area contributed by atoms with Crippen molar-refractivity contribution >= 4 is 29.2 Å². The molecule has 0 aliphatic carbocycles. The fourth-order valence-electron chi connectivity index (χ4n) is 2.42. The Morgan fingerprint density at radius 1 is 0.962 bits per heavy atom. The Bertz CT molecular complexity index is 822. The maximum absolute atomic E-state index is 5.36. The largest absolute Gasteiger partial charge is 0.496 e. The van der Waals surface area contributed by atoms with Crippen LogP contribution in [0.3, 0.4) is 0 Å². The molecule has 0 unspecified atom stereocenters. The lowest BCUT2D eigenvalue weighted by Crippen LogP contribution is -2.24. The van der Waals surface area contributed by atoms with Crippen molar-refractivity contribution < 1.29 is 14.2 Å². The van der Waals surface area contributed by atoms with Gasteiger partial charge in [-0.2, -0.15) is 5.10 Å². The molecule has 26 heavy (non-hydrogen) atoms. The van der Waals surface area contributed by atoms with Gasteiger partial charge in [0.05, 0.1) is 27.5 Å². The highest BCUT2D eigenvalue weighted by Gasteiger charge is 2.10. The number of ether oxygens (including phenoxy) is 3. The van der Waals surface area contributed by atoms with Crippen molar-refractivity contribution in [2.45, 2.75) is 13.8 Å². The van der Waals surface area contributed by atoms with E-state index >= 15 is 0 Å². The van der Waals surface area contributed by atoms with Gasteiger partial charge in [0.1, 0.15) is 5.75 Å². The fourth-order valence-corrected chi connectivity index (χ4v) is 2.58. The smallest absolute Gasteiger partial charge is 0.191 e. The molecule has 6 nitrogen and oxygen atoms in total. The van der Waals surface area contributed by atoms with E-state index in [-0.39, 0.29) is 0 Å². The van der Waals surface area contributed by atoms with Crippen LogP contribution in [0.2, 0.25) is 0 Å². The van der Waals surface area contributed by atoms with Crippen molar-refractivity contribution in [2.24, 2.45) is 5.10 Å². The van der Waals surface area contributed by atoms with Crippen LogP contribution < -0.4 is 25.0 Å². The summed E-state index contributed by atoms with van der Waals surface area (Å²) < 4.78 is 15.9. The number of benzene rings is 2. The predicted molar refractivity (Wildman–Crippen MR) is 109 cm³/mol. The van der Waals surface area contributed by atoms with Gasteiger partial charge in [-0.25, -0.2) is 0 Å². The zero-order valence-corrected chi connectivity index (χ0v) is 16.4. The Morgan fingerprint density at radius 3 is 2.23 bits per heavy atom. The number of nitrogens with one attached hydrogen (secondary N) is 2. The number of hydrogen-bond acceptors (Lipinski definition) is 5. The molecule has 2 N–H and O–H groups in total. The number of hydrogen-bond donors (Lipinski definition) is 2. The molecule has 0 heterocycles. The zero-order chi connectivity index (χ0) is 19.1. The van der Waals surface area contributed by atoms with Gasteiger partial charge < -0.3 is 19.5 Å². The Hall–Kier alpha value is -2.80. The molecular weight excluding hydrogens is 350 g/mol. The van der Waals surface area contributed by atoms with Gasteiger partial charge in [0.15, 0.2) is 16.6 Å². The molecule has 0 amide bonds. The maximum Gasteiger partial charge on any atom is 0.191 e. The minimum Gasteiger partial charge on any atom is -0.496 e. The second-order valence-electron chi connectivity index (χ2n) is 5.59. The van der Waals surface area contributed by atoms with E-state index in [1.54, 1.807) is 39.7 Å². The normalized spacial score (nSPS) is 10.5. The van der Waals surface area contributed by atoms with Crippen molar-refractivity contribution in [3.05, 3.63) is 47.0 Å². The lowest BCUT2D eigenvalue weighted by atomic mass is 10.1. The number of anilines is 1. The van der Waals surface area contributed by atoms with Crippen LogP contribution in [0.5, 0.6) is 17.2 Å². The van der Waals surface area contributed by atoms with E-state index in [1.807, 2.05) is 26.0 Å². The first kappa shape index (κ1) is 19.5. The monoisotopic (exact) mass is 373 g/mol. The fraction of sp³-hybridized carbons (Fsp3) is 0.263. The van der Waals surface area contributed by atoms with Crippen LogP contribution in [-0.4, -0.2) is 32.7 Å². The van der Waals surface area contributed by atoms with Gasteiger partial charge in [-0.3, -0.25) is 5.43 Å². The van der Waals surface area contributed by atoms with Crippen LogP contribution in [-0.2, 0) is 0 Å². The number of hydrazone groups is 1. The third kappa shape index (κ3) is 4.86. The van der Waals surface area contributed by atoms with E-state index in [2.05, 4.69) is 21.9 Å². The minimum atomic E-state index is 0.396. The molecule has 0 bridgehead atoms. The number of nitrogens with zero attached hydrogens (tertiary/aromatic N) is 1. The van der Waals surface area contributed by atoms with Crippen LogP contribution in [0, 0.1) is 13.8 Å². The summed E-state index contributed by atoms with van der Waals surface area (Å²) >= 11 is 5.28. The quantitative estimate of drug-likeness (QED) is 0.458. The molecule has 0 aromatic heterocycles. The Morgan fingerprint density at radius 2 is 1.62 bits per heavy atom.